The van der Waals surface area contributed by atoms with Gasteiger partial charge < -0.3 is 10.4 Å². The average molecular weight is 361 g/mol. The normalized spacial score (nSPS) is 11.6. The number of hydrogen-bond donors (Lipinski definition) is 2. The molecule has 1 heterocycles. The molecule has 1 aromatic heterocycles. The Labute approximate surface area is 137 Å². The lowest BCUT2D eigenvalue weighted by molar-refractivity contribution is 0.103. The molecule has 118 valence electrons. The quantitative estimate of drug-likeness (QED) is 0.820. The summed E-state index contributed by atoms with van der Waals surface area (Å²) >= 11 is 6.80. The molecule has 0 saturated carbocycles. The summed E-state index contributed by atoms with van der Waals surface area (Å²) in [6, 6.07) is 5.53. The first kappa shape index (κ1) is 16.8. The molecular formula is C13H13ClN2O4S2. The summed E-state index contributed by atoms with van der Waals surface area (Å²) in [5.74, 6) is -0.654. The zero-order chi connectivity index (χ0) is 16.5. The maximum absolute atomic E-state index is 12.1. The fourth-order valence-electron chi connectivity index (χ4n) is 1.58. The van der Waals surface area contributed by atoms with Crippen molar-refractivity contribution in [3.8, 4) is 5.75 Å². The number of carbonyl (C=O) groups excluding carboxylic acids is 1. The summed E-state index contributed by atoms with van der Waals surface area (Å²) < 4.78 is 25.0. The molecule has 0 radical (unpaired) electrons. The van der Waals surface area contributed by atoms with Crippen LogP contribution in [0.1, 0.15) is 9.67 Å². The van der Waals surface area contributed by atoms with Crippen molar-refractivity contribution in [3.63, 3.8) is 0 Å². The highest BCUT2D eigenvalue weighted by atomic mass is 35.5. The van der Waals surface area contributed by atoms with E-state index < -0.39 is 15.9 Å². The zero-order valence-corrected chi connectivity index (χ0v) is 14.1. The number of nitrogens with zero attached hydrogens (tertiary/aromatic N) is 1. The largest absolute Gasteiger partial charge is 0.506 e. The van der Waals surface area contributed by atoms with E-state index in [9.17, 15) is 18.3 Å². The highest BCUT2D eigenvalue weighted by molar-refractivity contribution is 7.89. The highest BCUT2D eigenvalue weighted by Crippen LogP contribution is 2.28. The van der Waals surface area contributed by atoms with E-state index in [0.29, 0.717) is 5.02 Å². The first-order valence-electron chi connectivity index (χ1n) is 6.03. The number of phenolic OH excluding ortho intramolecular Hbond substituents is 1. The molecule has 2 aromatic rings. The van der Waals surface area contributed by atoms with Gasteiger partial charge in [-0.3, -0.25) is 4.79 Å². The van der Waals surface area contributed by atoms with Crippen LogP contribution >= 0.6 is 22.9 Å². The summed E-state index contributed by atoms with van der Waals surface area (Å²) in [6.07, 6.45) is 0. The summed E-state index contributed by atoms with van der Waals surface area (Å²) in [5, 5.41) is 13.9. The zero-order valence-electron chi connectivity index (χ0n) is 11.7. The van der Waals surface area contributed by atoms with Gasteiger partial charge in [0.15, 0.2) is 0 Å². The smallest absolute Gasteiger partial charge is 0.265 e. The Morgan fingerprint density at radius 1 is 1.32 bits per heavy atom. The Morgan fingerprint density at radius 2 is 2.00 bits per heavy atom. The van der Waals surface area contributed by atoms with E-state index in [1.54, 1.807) is 0 Å². The Kier molecular flexibility index (Phi) is 4.76. The van der Waals surface area contributed by atoms with Crippen molar-refractivity contribution in [3.05, 3.63) is 39.5 Å². The molecule has 0 atom stereocenters. The van der Waals surface area contributed by atoms with Crippen LogP contribution in [0, 0.1) is 0 Å². The lowest BCUT2D eigenvalue weighted by Crippen LogP contribution is -2.21. The molecule has 0 aliphatic heterocycles. The van der Waals surface area contributed by atoms with Gasteiger partial charge in [-0.05, 0) is 24.3 Å². The minimum atomic E-state index is -3.58. The second-order valence-corrected chi connectivity index (χ2v) is 8.05. The molecule has 0 bridgehead atoms. The van der Waals surface area contributed by atoms with Crippen LogP contribution in [0.3, 0.4) is 0 Å². The second-order valence-electron chi connectivity index (χ2n) is 4.55. The fourth-order valence-corrected chi connectivity index (χ4v) is 3.81. The highest BCUT2D eigenvalue weighted by Gasteiger charge is 2.21. The fraction of sp³-hybridized carbons (Fsp3) is 0.154. The van der Waals surface area contributed by atoms with Crippen LogP contribution in [-0.4, -0.2) is 37.8 Å². The summed E-state index contributed by atoms with van der Waals surface area (Å²) in [7, 11) is -0.757. The maximum atomic E-state index is 12.1. The van der Waals surface area contributed by atoms with Gasteiger partial charge in [0.05, 0.1) is 15.5 Å². The first-order valence-corrected chi connectivity index (χ1v) is 8.72. The van der Waals surface area contributed by atoms with Crippen molar-refractivity contribution in [2.75, 3.05) is 19.4 Å². The summed E-state index contributed by atoms with van der Waals surface area (Å²) in [4.78, 5) is 12.4. The third-order valence-corrected chi connectivity index (χ3v) is 5.89. The number of nitrogens with one attached hydrogen (secondary N) is 1. The van der Waals surface area contributed by atoms with E-state index in [-0.39, 0.29) is 21.2 Å². The SMILES string of the molecule is CN(C)S(=O)(=O)c1csc(C(=O)Nc2cc(Cl)ccc2O)c1. The maximum Gasteiger partial charge on any atom is 0.265 e. The predicted molar refractivity (Wildman–Crippen MR) is 86.3 cm³/mol. The molecule has 0 spiro atoms. The van der Waals surface area contributed by atoms with Gasteiger partial charge >= 0.3 is 0 Å². The Balaban J connectivity index is 2.25. The van der Waals surface area contributed by atoms with Crippen LogP contribution in [0.15, 0.2) is 34.5 Å². The standard InChI is InChI=1S/C13H13ClN2O4S2/c1-16(2)22(19,20)9-6-12(21-7-9)13(18)15-10-5-8(14)3-4-11(10)17/h3-7,17H,1-2H3,(H,15,18). The van der Waals surface area contributed by atoms with Crippen LogP contribution in [-0.2, 0) is 10.0 Å². The molecule has 0 aliphatic rings. The monoisotopic (exact) mass is 360 g/mol. The van der Waals surface area contributed by atoms with Gasteiger partial charge in [0.2, 0.25) is 10.0 Å². The molecule has 0 saturated heterocycles. The van der Waals surface area contributed by atoms with Gasteiger partial charge in [-0.25, -0.2) is 12.7 Å². The van der Waals surface area contributed by atoms with Gasteiger partial charge in [0.1, 0.15) is 5.75 Å². The molecule has 2 N–H and O–H groups in total. The third-order valence-electron chi connectivity index (χ3n) is 2.78. The van der Waals surface area contributed by atoms with E-state index >= 15 is 0 Å². The summed E-state index contributed by atoms with van der Waals surface area (Å²) in [5.41, 5.74) is 0.155. The Hall–Kier alpha value is -1.61. The predicted octanol–water partition coefficient (Wildman–Crippen LogP) is 2.61. The van der Waals surface area contributed by atoms with Crippen molar-refractivity contribution in [1.82, 2.24) is 4.31 Å². The molecule has 9 heteroatoms. The van der Waals surface area contributed by atoms with Crippen LogP contribution in [0.5, 0.6) is 5.75 Å². The number of aromatic hydroxyl groups is 1. The number of phenols is 1. The van der Waals surface area contributed by atoms with E-state index in [4.69, 9.17) is 11.6 Å². The van der Waals surface area contributed by atoms with Crippen molar-refractivity contribution in [2.24, 2.45) is 0 Å². The molecule has 6 nitrogen and oxygen atoms in total. The van der Waals surface area contributed by atoms with Crippen molar-refractivity contribution >= 4 is 44.6 Å². The van der Waals surface area contributed by atoms with Crippen molar-refractivity contribution < 1.29 is 18.3 Å². The van der Waals surface area contributed by atoms with Gasteiger partial charge in [-0.1, -0.05) is 11.6 Å². The molecule has 0 unspecified atom stereocenters. The topological polar surface area (TPSA) is 86.7 Å². The number of rotatable bonds is 4. The lowest BCUT2D eigenvalue weighted by atomic mass is 10.3. The molecule has 1 aromatic carbocycles. The van der Waals surface area contributed by atoms with Gasteiger partial charge in [-0.15, -0.1) is 11.3 Å². The Bertz CT molecular complexity index is 815. The van der Waals surface area contributed by atoms with Crippen LogP contribution in [0.25, 0.3) is 0 Å². The van der Waals surface area contributed by atoms with E-state index in [1.807, 2.05) is 0 Å². The molecule has 0 aliphatic carbocycles. The average Bonchev–Trinajstić information content (AvgIpc) is 2.93. The minimum absolute atomic E-state index is 0.0444. The van der Waals surface area contributed by atoms with Crippen LogP contribution < -0.4 is 5.32 Å². The van der Waals surface area contributed by atoms with E-state index in [2.05, 4.69) is 5.32 Å². The van der Waals surface area contributed by atoms with E-state index in [0.717, 1.165) is 15.6 Å². The number of amides is 1. The van der Waals surface area contributed by atoms with Crippen molar-refractivity contribution in [2.45, 2.75) is 4.90 Å². The summed E-state index contributed by atoms with van der Waals surface area (Å²) in [6.45, 7) is 0. The second kappa shape index (κ2) is 6.25. The number of thiophene rings is 1. The van der Waals surface area contributed by atoms with Gasteiger partial charge in [0, 0.05) is 24.5 Å². The molecule has 1 amide bonds. The lowest BCUT2D eigenvalue weighted by Gasteiger charge is -2.08. The number of anilines is 1. The number of halogens is 1. The molecule has 22 heavy (non-hydrogen) atoms. The number of benzene rings is 1. The molecular weight excluding hydrogens is 348 g/mol. The first-order chi connectivity index (χ1) is 10.2. The van der Waals surface area contributed by atoms with Crippen LogP contribution in [0.4, 0.5) is 5.69 Å². The number of hydrogen-bond acceptors (Lipinski definition) is 5. The van der Waals surface area contributed by atoms with Crippen LogP contribution in [0.2, 0.25) is 5.02 Å². The molecule has 2 rings (SSSR count). The number of sulfonamides is 1. The van der Waals surface area contributed by atoms with E-state index in [1.165, 1.54) is 43.7 Å². The van der Waals surface area contributed by atoms with Crippen molar-refractivity contribution in [1.29, 1.82) is 0 Å². The molecule has 0 fully saturated rings. The minimum Gasteiger partial charge on any atom is -0.506 e. The Morgan fingerprint density at radius 3 is 2.64 bits per heavy atom. The van der Waals surface area contributed by atoms with Gasteiger partial charge in [0.25, 0.3) is 5.91 Å². The third kappa shape index (κ3) is 3.41. The number of carbonyl (C=O) groups is 1. The van der Waals surface area contributed by atoms with Gasteiger partial charge in [-0.2, -0.15) is 0 Å².